The third-order valence-electron chi connectivity index (χ3n) is 2.41. The van der Waals surface area contributed by atoms with Crippen molar-refractivity contribution in [1.29, 1.82) is 0 Å². The maximum absolute atomic E-state index is 12.0. The van der Waals surface area contributed by atoms with Gasteiger partial charge in [-0.2, -0.15) is 0 Å². The van der Waals surface area contributed by atoms with Gasteiger partial charge in [0.25, 0.3) is 5.91 Å². The smallest absolute Gasteiger partial charge is 0.263 e. The van der Waals surface area contributed by atoms with Gasteiger partial charge in [-0.1, -0.05) is 38.8 Å². The van der Waals surface area contributed by atoms with Crippen LogP contribution in [0, 0.1) is 6.92 Å². The van der Waals surface area contributed by atoms with Crippen LogP contribution in [-0.2, 0) is 0 Å². The van der Waals surface area contributed by atoms with Crippen LogP contribution in [0.2, 0.25) is 0 Å². The zero-order valence-electron chi connectivity index (χ0n) is 9.22. The van der Waals surface area contributed by atoms with Gasteiger partial charge in [0.2, 0.25) is 0 Å². The van der Waals surface area contributed by atoms with Gasteiger partial charge in [0.05, 0.1) is 16.7 Å². The summed E-state index contributed by atoms with van der Waals surface area (Å²) in [5.41, 5.74) is -0.227. The lowest BCUT2D eigenvalue weighted by Crippen LogP contribution is -2.50. The summed E-state index contributed by atoms with van der Waals surface area (Å²) in [5.74, 6) is -0.0497. The fourth-order valence-corrected chi connectivity index (χ4v) is 3.82. The first kappa shape index (κ1) is 14.1. The van der Waals surface area contributed by atoms with Crippen molar-refractivity contribution in [3.63, 3.8) is 0 Å². The van der Waals surface area contributed by atoms with Crippen molar-refractivity contribution in [2.24, 2.45) is 0 Å². The summed E-state index contributed by atoms with van der Waals surface area (Å²) in [4.78, 5) is 16.7. The standard InChI is InChI=1S/C10H14Br2N2OS/c1-3-10(5-11,6-12)14-9(15)8-4-13-7(2)16-8/h4H,3,5-6H2,1-2H3,(H,14,15). The minimum atomic E-state index is -0.227. The average molecular weight is 370 g/mol. The van der Waals surface area contributed by atoms with Crippen molar-refractivity contribution in [3.05, 3.63) is 16.1 Å². The normalized spacial score (nSPS) is 11.5. The van der Waals surface area contributed by atoms with Crippen LogP contribution in [0.1, 0.15) is 28.0 Å². The lowest BCUT2D eigenvalue weighted by atomic mass is 10.0. The summed E-state index contributed by atoms with van der Waals surface area (Å²) in [6, 6.07) is 0. The molecule has 6 heteroatoms. The van der Waals surface area contributed by atoms with Crippen LogP contribution in [0.4, 0.5) is 0 Å². The number of aryl methyl sites for hydroxylation is 1. The summed E-state index contributed by atoms with van der Waals surface area (Å²) in [5, 5.41) is 5.41. The van der Waals surface area contributed by atoms with Crippen molar-refractivity contribution in [2.75, 3.05) is 10.7 Å². The number of halogens is 2. The fourth-order valence-electron chi connectivity index (χ4n) is 1.15. The number of rotatable bonds is 5. The molecule has 1 aromatic rings. The lowest BCUT2D eigenvalue weighted by Gasteiger charge is -2.29. The maximum Gasteiger partial charge on any atom is 0.263 e. The Kier molecular flexibility index (Phi) is 5.40. The van der Waals surface area contributed by atoms with Gasteiger partial charge in [0.15, 0.2) is 0 Å². The molecule has 0 radical (unpaired) electrons. The summed E-state index contributed by atoms with van der Waals surface area (Å²) < 4.78 is 0. The van der Waals surface area contributed by atoms with Gasteiger partial charge in [-0.15, -0.1) is 11.3 Å². The van der Waals surface area contributed by atoms with Gasteiger partial charge in [-0.3, -0.25) is 4.79 Å². The number of alkyl halides is 2. The van der Waals surface area contributed by atoms with E-state index >= 15 is 0 Å². The molecule has 0 fully saturated rings. The Morgan fingerprint density at radius 2 is 2.19 bits per heavy atom. The molecule has 1 aromatic heterocycles. The highest BCUT2D eigenvalue weighted by molar-refractivity contribution is 9.09. The minimum absolute atomic E-state index is 0.0497. The maximum atomic E-state index is 12.0. The van der Waals surface area contributed by atoms with Gasteiger partial charge in [-0.25, -0.2) is 4.98 Å². The number of nitrogens with one attached hydrogen (secondary N) is 1. The van der Waals surface area contributed by atoms with Gasteiger partial charge < -0.3 is 5.32 Å². The Labute approximate surface area is 116 Å². The molecular weight excluding hydrogens is 356 g/mol. The number of carbonyl (C=O) groups excluding carboxylic acids is 1. The Morgan fingerprint density at radius 1 is 1.56 bits per heavy atom. The Morgan fingerprint density at radius 3 is 2.56 bits per heavy atom. The van der Waals surface area contributed by atoms with Gasteiger partial charge in [0, 0.05) is 10.7 Å². The second-order valence-electron chi connectivity index (χ2n) is 3.60. The van der Waals surface area contributed by atoms with Crippen molar-refractivity contribution in [3.8, 4) is 0 Å². The fraction of sp³-hybridized carbons (Fsp3) is 0.600. The number of hydrogen-bond donors (Lipinski definition) is 1. The Bertz CT molecular complexity index is 355. The topological polar surface area (TPSA) is 42.0 Å². The SMILES string of the molecule is CCC(CBr)(CBr)NC(=O)c1cnc(C)s1. The molecule has 0 saturated heterocycles. The average Bonchev–Trinajstić information content (AvgIpc) is 2.73. The zero-order valence-corrected chi connectivity index (χ0v) is 13.2. The molecule has 1 amide bonds. The van der Waals surface area contributed by atoms with E-state index in [-0.39, 0.29) is 11.4 Å². The first-order valence-electron chi connectivity index (χ1n) is 4.94. The van der Waals surface area contributed by atoms with Crippen LogP contribution in [0.3, 0.4) is 0 Å². The Balaban J connectivity index is 2.76. The number of nitrogens with zero attached hydrogens (tertiary/aromatic N) is 1. The molecule has 0 aliphatic heterocycles. The van der Waals surface area contributed by atoms with Crippen LogP contribution in [0.25, 0.3) is 0 Å². The molecule has 0 unspecified atom stereocenters. The van der Waals surface area contributed by atoms with E-state index < -0.39 is 0 Å². The van der Waals surface area contributed by atoms with E-state index in [9.17, 15) is 4.79 Å². The molecule has 1 N–H and O–H groups in total. The number of hydrogen-bond acceptors (Lipinski definition) is 3. The number of aromatic nitrogens is 1. The van der Waals surface area contributed by atoms with E-state index in [1.807, 2.05) is 6.92 Å². The second kappa shape index (κ2) is 6.12. The molecular formula is C10H14Br2N2OS. The van der Waals surface area contributed by atoms with E-state index in [2.05, 4.69) is 49.1 Å². The molecule has 0 aliphatic carbocycles. The summed E-state index contributed by atoms with van der Waals surface area (Å²) >= 11 is 8.30. The predicted octanol–water partition coefficient (Wildman–Crippen LogP) is 3.12. The van der Waals surface area contributed by atoms with Gasteiger partial charge in [0.1, 0.15) is 4.88 Å². The minimum Gasteiger partial charge on any atom is -0.344 e. The van der Waals surface area contributed by atoms with Crippen LogP contribution >= 0.6 is 43.2 Å². The zero-order chi connectivity index (χ0) is 12.2. The van der Waals surface area contributed by atoms with E-state index in [1.165, 1.54) is 11.3 Å². The molecule has 16 heavy (non-hydrogen) atoms. The van der Waals surface area contributed by atoms with Gasteiger partial charge in [-0.05, 0) is 13.3 Å². The number of carbonyl (C=O) groups is 1. The third-order valence-corrected chi connectivity index (χ3v) is 5.47. The van der Waals surface area contributed by atoms with Crippen LogP contribution < -0.4 is 5.32 Å². The van der Waals surface area contributed by atoms with Crippen LogP contribution in [0.15, 0.2) is 6.20 Å². The first-order valence-corrected chi connectivity index (χ1v) is 7.99. The highest BCUT2D eigenvalue weighted by Crippen LogP contribution is 2.19. The summed E-state index contributed by atoms with van der Waals surface area (Å²) in [7, 11) is 0. The first-order chi connectivity index (χ1) is 7.56. The lowest BCUT2D eigenvalue weighted by molar-refractivity contribution is 0.0919. The molecule has 0 spiro atoms. The van der Waals surface area contributed by atoms with E-state index in [1.54, 1.807) is 6.20 Å². The number of amides is 1. The molecule has 90 valence electrons. The largest absolute Gasteiger partial charge is 0.344 e. The highest BCUT2D eigenvalue weighted by atomic mass is 79.9. The van der Waals surface area contributed by atoms with E-state index in [0.29, 0.717) is 4.88 Å². The van der Waals surface area contributed by atoms with Crippen LogP contribution in [-0.4, -0.2) is 27.1 Å². The highest BCUT2D eigenvalue weighted by Gasteiger charge is 2.28. The van der Waals surface area contributed by atoms with Crippen molar-refractivity contribution in [1.82, 2.24) is 10.3 Å². The molecule has 0 atom stereocenters. The summed E-state index contributed by atoms with van der Waals surface area (Å²) in [6.07, 6.45) is 2.49. The molecule has 1 rings (SSSR count). The van der Waals surface area contributed by atoms with Crippen molar-refractivity contribution >= 4 is 49.1 Å². The molecule has 3 nitrogen and oxygen atoms in total. The monoisotopic (exact) mass is 368 g/mol. The van der Waals surface area contributed by atoms with Crippen molar-refractivity contribution in [2.45, 2.75) is 25.8 Å². The second-order valence-corrected chi connectivity index (χ2v) is 5.96. The van der Waals surface area contributed by atoms with E-state index in [0.717, 1.165) is 22.1 Å². The molecule has 0 aromatic carbocycles. The van der Waals surface area contributed by atoms with E-state index in [4.69, 9.17) is 0 Å². The quantitative estimate of drug-likeness (QED) is 0.810. The Hall–Kier alpha value is 0.0600. The molecule has 0 saturated carbocycles. The molecule has 0 bridgehead atoms. The van der Waals surface area contributed by atoms with Crippen LogP contribution in [0.5, 0.6) is 0 Å². The van der Waals surface area contributed by atoms with Gasteiger partial charge >= 0.3 is 0 Å². The predicted molar refractivity (Wildman–Crippen MR) is 74.9 cm³/mol. The molecule has 0 aliphatic rings. The molecule has 1 heterocycles. The third kappa shape index (κ3) is 3.28. The number of thiazole rings is 1. The van der Waals surface area contributed by atoms with Crippen molar-refractivity contribution < 1.29 is 4.79 Å². The summed E-state index contributed by atoms with van der Waals surface area (Å²) in [6.45, 7) is 3.95.